The maximum absolute atomic E-state index is 13.1. The number of ether oxygens (including phenoxy) is 3. The van der Waals surface area contributed by atoms with Gasteiger partial charge in [-0.25, -0.2) is 19.2 Å². The number of nitrogens with one attached hydrogen (secondary N) is 1. The molecule has 2 amide bonds. The summed E-state index contributed by atoms with van der Waals surface area (Å²) in [6, 6.07) is -0.549. The maximum atomic E-state index is 13.1. The second-order valence-electron chi connectivity index (χ2n) is 9.67. The highest BCUT2D eigenvalue weighted by atomic mass is 19.1. The summed E-state index contributed by atoms with van der Waals surface area (Å²) in [7, 11) is 0. The minimum atomic E-state index is -0.457. The molecule has 1 N–H and O–H groups in total. The summed E-state index contributed by atoms with van der Waals surface area (Å²) in [5.41, 5.74) is 0. The molecule has 0 spiro atoms. The fraction of sp³-hybridized carbons (Fsp3) is 0.750. The van der Waals surface area contributed by atoms with Crippen LogP contribution in [0.25, 0.3) is 0 Å². The van der Waals surface area contributed by atoms with Crippen molar-refractivity contribution in [3.05, 3.63) is 18.2 Å². The third kappa shape index (κ3) is 6.78. The van der Waals surface area contributed by atoms with Crippen molar-refractivity contribution in [3.63, 3.8) is 0 Å². The Hall–Kier alpha value is -2.53. The molecule has 3 atom stereocenters. The van der Waals surface area contributed by atoms with Gasteiger partial charge in [0.25, 0.3) is 0 Å². The van der Waals surface area contributed by atoms with E-state index in [-0.39, 0.29) is 36.3 Å². The summed E-state index contributed by atoms with van der Waals surface area (Å²) in [6.07, 6.45) is 5.96. The summed E-state index contributed by atoms with van der Waals surface area (Å²) in [5, 5.41) is 3.12. The Kier molecular flexibility index (Phi) is 8.72. The number of likely N-dealkylation sites (tertiary alicyclic amines) is 1. The maximum Gasteiger partial charge on any atom is 0.410 e. The molecule has 3 aliphatic rings. The number of nitrogens with zero attached hydrogens (tertiary/aromatic N) is 4. The number of hydrogen-bond donors (Lipinski definition) is 1. The molecule has 1 aromatic heterocycles. The van der Waals surface area contributed by atoms with E-state index in [2.05, 4.69) is 15.3 Å². The quantitative estimate of drug-likeness (QED) is 0.617. The van der Waals surface area contributed by atoms with Gasteiger partial charge in [0.05, 0.1) is 43.3 Å². The topological polar surface area (TPSA) is 106 Å². The fourth-order valence-corrected chi connectivity index (χ4v) is 4.91. The summed E-state index contributed by atoms with van der Waals surface area (Å²) < 4.78 is 30.4. The summed E-state index contributed by atoms with van der Waals surface area (Å²) in [6.45, 7) is 6.50. The van der Waals surface area contributed by atoms with Gasteiger partial charge < -0.3 is 29.3 Å². The Morgan fingerprint density at radius 1 is 1.14 bits per heavy atom. The molecule has 4 rings (SSSR count). The van der Waals surface area contributed by atoms with Crippen LogP contribution in [0.2, 0.25) is 0 Å². The largest absolute Gasteiger partial charge is 0.447 e. The second kappa shape index (κ2) is 11.9. The van der Waals surface area contributed by atoms with E-state index in [1.807, 2.05) is 18.7 Å². The Balaban J connectivity index is 1.36. The first kappa shape index (κ1) is 25.6. The van der Waals surface area contributed by atoms with Gasteiger partial charge >= 0.3 is 6.09 Å². The van der Waals surface area contributed by atoms with E-state index in [0.29, 0.717) is 38.8 Å². The van der Waals surface area contributed by atoms with Crippen molar-refractivity contribution >= 4 is 17.9 Å². The molecular formula is C24H36FN5O5. The molecule has 0 bridgehead atoms. The van der Waals surface area contributed by atoms with Crippen LogP contribution in [0.5, 0.6) is 0 Å². The van der Waals surface area contributed by atoms with E-state index in [0.717, 1.165) is 38.5 Å². The molecule has 10 nitrogen and oxygen atoms in total. The van der Waals surface area contributed by atoms with Gasteiger partial charge in [-0.1, -0.05) is 0 Å². The molecule has 11 heteroatoms. The van der Waals surface area contributed by atoms with Crippen molar-refractivity contribution in [3.8, 4) is 0 Å². The average Bonchev–Trinajstić information content (AvgIpc) is 3.39. The lowest BCUT2D eigenvalue weighted by atomic mass is 9.96. The summed E-state index contributed by atoms with van der Waals surface area (Å²) in [5.74, 6) is -0.0676. The number of rotatable bonds is 7. The van der Waals surface area contributed by atoms with Gasteiger partial charge in [-0.2, -0.15) is 0 Å². The lowest BCUT2D eigenvalue weighted by Gasteiger charge is -2.42. The van der Waals surface area contributed by atoms with Crippen LogP contribution >= 0.6 is 0 Å². The van der Waals surface area contributed by atoms with Crippen molar-refractivity contribution in [2.24, 2.45) is 0 Å². The van der Waals surface area contributed by atoms with E-state index >= 15 is 0 Å². The highest BCUT2D eigenvalue weighted by molar-refractivity contribution is 5.81. The SMILES string of the molecule is CC(C)OC(=O)N1CCCC(NC(=O)[C@@H]2CCCO2)C1COC1CCN(c2ncc(F)cn2)CC1. The predicted octanol–water partition coefficient (Wildman–Crippen LogP) is 2.27. The highest BCUT2D eigenvalue weighted by Gasteiger charge is 2.38. The van der Waals surface area contributed by atoms with Gasteiger partial charge in [-0.3, -0.25) is 4.79 Å². The zero-order chi connectivity index (χ0) is 24.8. The van der Waals surface area contributed by atoms with Gasteiger partial charge in [-0.15, -0.1) is 0 Å². The zero-order valence-corrected chi connectivity index (χ0v) is 20.5. The van der Waals surface area contributed by atoms with Crippen LogP contribution in [0.15, 0.2) is 12.4 Å². The van der Waals surface area contributed by atoms with Crippen LogP contribution in [-0.2, 0) is 19.0 Å². The first-order valence-electron chi connectivity index (χ1n) is 12.6. The van der Waals surface area contributed by atoms with Gasteiger partial charge in [-0.05, 0) is 52.4 Å². The minimum absolute atomic E-state index is 0.00566. The van der Waals surface area contributed by atoms with Crippen LogP contribution in [0, 0.1) is 5.82 Å². The van der Waals surface area contributed by atoms with Gasteiger partial charge in [0.2, 0.25) is 11.9 Å². The smallest absolute Gasteiger partial charge is 0.410 e. The predicted molar refractivity (Wildman–Crippen MR) is 125 cm³/mol. The summed E-state index contributed by atoms with van der Waals surface area (Å²) >= 11 is 0. The molecule has 3 saturated heterocycles. The monoisotopic (exact) mass is 493 g/mol. The third-order valence-corrected chi connectivity index (χ3v) is 6.73. The number of piperidine rings is 2. The average molecular weight is 494 g/mol. The Labute approximate surface area is 205 Å². The van der Waals surface area contributed by atoms with Crippen molar-refractivity contribution < 1.29 is 28.2 Å². The van der Waals surface area contributed by atoms with Crippen LogP contribution in [-0.4, -0.2) is 90.1 Å². The van der Waals surface area contributed by atoms with E-state index in [1.165, 1.54) is 12.4 Å². The normalized spacial score (nSPS) is 25.7. The molecular weight excluding hydrogens is 457 g/mol. The van der Waals surface area contributed by atoms with E-state index in [1.54, 1.807) is 4.90 Å². The standard InChI is InChI=1S/C24H36FN5O5/c1-16(2)35-24(32)30-9-3-5-19(28-22(31)21-6-4-12-33-21)20(30)15-34-18-7-10-29(11-8-18)23-26-13-17(25)14-27-23/h13-14,16,18-21H,3-12,15H2,1-2H3,(H,28,31)/t19?,20?,21-/m0/s1. The third-order valence-electron chi connectivity index (χ3n) is 6.73. The van der Waals surface area contributed by atoms with Crippen molar-refractivity contribution in [1.82, 2.24) is 20.2 Å². The number of amides is 2. The molecule has 35 heavy (non-hydrogen) atoms. The summed E-state index contributed by atoms with van der Waals surface area (Å²) in [4.78, 5) is 37.4. The van der Waals surface area contributed by atoms with E-state index < -0.39 is 11.9 Å². The molecule has 0 aliphatic carbocycles. The van der Waals surface area contributed by atoms with Crippen molar-refractivity contribution in [2.75, 3.05) is 37.7 Å². The lowest BCUT2D eigenvalue weighted by Crippen LogP contribution is -2.60. The molecule has 1 aromatic rings. The number of carbonyl (C=O) groups excluding carboxylic acids is 2. The Morgan fingerprint density at radius 3 is 2.54 bits per heavy atom. The molecule has 0 radical (unpaired) electrons. The second-order valence-corrected chi connectivity index (χ2v) is 9.67. The Morgan fingerprint density at radius 2 is 1.89 bits per heavy atom. The van der Waals surface area contributed by atoms with Gasteiger partial charge in [0.1, 0.15) is 6.10 Å². The highest BCUT2D eigenvalue weighted by Crippen LogP contribution is 2.24. The van der Waals surface area contributed by atoms with Gasteiger partial charge in [0.15, 0.2) is 5.82 Å². The Bertz CT molecular complexity index is 843. The zero-order valence-electron chi connectivity index (χ0n) is 20.5. The number of aromatic nitrogens is 2. The molecule has 2 unspecified atom stereocenters. The molecule has 3 fully saturated rings. The molecule has 0 saturated carbocycles. The first-order valence-corrected chi connectivity index (χ1v) is 12.6. The van der Waals surface area contributed by atoms with Crippen LogP contribution < -0.4 is 10.2 Å². The van der Waals surface area contributed by atoms with Crippen molar-refractivity contribution in [1.29, 1.82) is 0 Å². The number of halogens is 1. The molecule has 194 valence electrons. The van der Waals surface area contributed by atoms with E-state index in [9.17, 15) is 14.0 Å². The fourth-order valence-electron chi connectivity index (χ4n) is 4.91. The van der Waals surface area contributed by atoms with Gasteiger partial charge in [0, 0.05) is 26.2 Å². The number of anilines is 1. The molecule has 0 aromatic carbocycles. The lowest BCUT2D eigenvalue weighted by molar-refractivity contribution is -0.132. The molecule has 4 heterocycles. The molecule has 3 aliphatic heterocycles. The van der Waals surface area contributed by atoms with Crippen LogP contribution in [0.1, 0.15) is 52.4 Å². The van der Waals surface area contributed by atoms with Crippen LogP contribution in [0.4, 0.5) is 15.1 Å². The number of carbonyl (C=O) groups is 2. The van der Waals surface area contributed by atoms with Crippen molar-refractivity contribution in [2.45, 2.75) is 82.8 Å². The van der Waals surface area contributed by atoms with Crippen LogP contribution in [0.3, 0.4) is 0 Å². The first-order chi connectivity index (χ1) is 16.9. The minimum Gasteiger partial charge on any atom is -0.447 e. The van der Waals surface area contributed by atoms with E-state index in [4.69, 9.17) is 14.2 Å². The number of hydrogen-bond acceptors (Lipinski definition) is 8.